The second-order valence-corrected chi connectivity index (χ2v) is 13.9. The number of allylic oxidation sites excluding steroid dienone is 5. The lowest BCUT2D eigenvalue weighted by molar-refractivity contribution is 0.346. The third-order valence-electron chi connectivity index (χ3n) is 10.7. The fraction of sp³-hybridized carbons (Fsp3) is 0.140. The van der Waals surface area contributed by atoms with Crippen LogP contribution in [0.5, 0.6) is 0 Å². The van der Waals surface area contributed by atoms with Gasteiger partial charge in [-0.15, -0.1) is 0 Å². The quantitative estimate of drug-likeness (QED) is 0.142. The summed E-state index contributed by atoms with van der Waals surface area (Å²) in [6, 6.07) is 52.7. The molecule has 0 saturated heterocycles. The molecule has 8 rings (SSSR count). The van der Waals surface area contributed by atoms with Crippen LogP contribution < -0.4 is 0 Å². The smallest absolute Gasteiger partial charge is 0.164 e. The van der Waals surface area contributed by atoms with Crippen LogP contribution in [-0.2, 0) is 5.41 Å². The first kappa shape index (κ1) is 33.9. The third kappa shape index (κ3) is 6.91. The van der Waals surface area contributed by atoms with Gasteiger partial charge in [-0.1, -0.05) is 190 Å². The molecule has 1 saturated carbocycles. The minimum atomic E-state index is -0.0363. The third-order valence-corrected chi connectivity index (χ3v) is 10.7. The Kier molecular flexibility index (Phi) is 9.73. The number of hydrogen-bond donors (Lipinski definition) is 0. The highest BCUT2D eigenvalue weighted by molar-refractivity contribution is 5.97. The van der Waals surface area contributed by atoms with Gasteiger partial charge in [0.05, 0.1) is 0 Å². The van der Waals surface area contributed by atoms with E-state index in [9.17, 15) is 0 Å². The monoisotopic (exact) mass is 685 g/mol. The van der Waals surface area contributed by atoms with E-state index < -0.39 is 0 Å². The molecule has 3 nitrogen and oxygen atoms in total. The van der Waals surface area contributed by atoms with Crippen molar-refractivity contribution < 1.29 is 0 Å². The maximum Gasteiger partial charge on any atom is 0.164 e. The Labute approximate surface area is 313 Å². The predicted molar refractivity (Wildman–Crippen MR) is 222 cm³/mol. The molecule has 1 heterocycles. The van der Waals surface area contributed by atoms with Crippen LogP contribution in [0, 0.1) is 0 Å². The van der Waals surface area contributed by atoms with E-state index in [0.29, 0.717) is 17.5 Å². The van der Waals surface area contributed by atoms with Gasteiger partial charge < -0.3 is 0 Å². The van der Waals surface area contributed by atoms with Crippen LogP contribution in [-0.4, -0.2) is 15.0 Å². The minimum absolute atomic E-state index is 0.0363. The van der Waals surface area contributed by atoms with Crippen molar-refractivity contribution in [1.82, 2.24) is 15.0 Å². The average Bonchev–Trinajstić information content (AvgIpc) is 3.24. The molecule has 0 bridgehead atoms. The maximum atomic E-state index is 4.97. The molecule has 258 valence electrons. The number of fused-ring (bicyclic) bond motifs is 1. The summed E-state index contributed by atoms with van der Waals surface area (Å²) in [6.45, 7) is 5.91. The zero-order chi connectivity index (χ0) is 36.0. The molecule has 0 aliphatic heterocycles. The number of benzene rings is 6. The van der Waals surface area contributed by atoms with Crippen molar-refractivity contribution in [3.63, 3.8) is 0 Å². The van der Waals surface area contributed by atoms with Gasteiger partial charge in [-0.2, -0.15) is 0 Å². The van der Waals surface area contributed by atoms with E-state index in [-0.39, 0.29) is 5.41 Å². The van der Waals surface area contributed by atoms with Gasteiger partial charge >= 0.3 is 0 Å². The molecule has 0 radical (unpaired) electrons. The molecule has 1 aliphatic carbocycles. The highest BCUT2D eigenvalue weighted by Gasteiger charge is 2.35. The second-order valence-electron chi connectivity index (χ2n) is 13.9. The topological polar surface area (TPSA) is 38.7 Å². The molecule has 0 amide bonds. The Bertz CT molecular complexity index is 2430. The summed E-state index contributed by atoms with van der Waals surface area (Å²) in [5, 5.41) is 2.54. The highest BCUT2D eigenvalue weighted by Crippen LogP contribution is 2.46. The van der Waals surface area contributed by atoms with Crippen molar-refractivity contribution in [1.29, 1.82) is 0 Å². The van der Waals surface area contributed by atoms with Gasteiger partial charge in [0.25, 0.3) is 0 Å². The molecule has 0 atom stereocenters. The Morgan fingerprint density at radius 3 is 1.85 bits per heavy atom. The molecule has 1 aromatic heterocycles. The van der Waals surface area contributed by atoms with E-state index >= 15 is 0 Å². The van der Waals surface area contributed by atoms with E-state index in [0.717, 1.165) is 29.5 Å². The van der Waals surface area contributed by atoms with E-state index in [1.807, 2.05) is 55.5 Å². The molecule has 7 aromatic rings. The molecule has 0 spiro atoms. The second kappa shape index (κ2) is 15.2. The Balaban J connectivity index is 1.13. The summed E-state index contributed by atoms with van der Waals surface area (Å²) in [6.07, 6.45) is 13.7. The zero-order valence-electron chi connectivity index (χ0n) is 30.3. The molecule has 1 fully saturated rings. The lowest BCUT2D eigenvalue weighted by Gasteiger charge is -2.39. The van der Waals surface area contributed by atoms with Crippen LogP contribution >= 0.6 is 0 Å². The summed E-state index contributed by atoms with van der Waals surface area (Å²) >= 11 is 0. The molecule has 53 heavy (non-hydrogen) atoms. The summed E-state index contributed by atoms with van der Waals surface area (Å²) in [5.74, 6) is 1.94. The standard InChI is InChI=1S/C50H43N3/c1-3-15-38(16-4-2)47-51-48(39-18-7-5-8-19-39)53-49(52-47)40-27-31-44(32-28-40)50(33-11-6-12-34-50)43-29-25-36(26-30-43)41-21-13-22-42(35-41)46-24-14-20-37-17-9-10-23-45(37)46/h3-5,7-10,13-32,35H,1,6,11-12,33-34H2,2H3/b16-4-,38-15+. The van der Waals surface area contributed by atoms with Crippen LogP contribution in [0.2, 0.25) is 0 Å². The number of nitrogens with zero attached hydrogens (tertiary/aromatic N) is 3. The molecular weight excluding hydrogens is 643 g/mol. The summed E-state index contributed by atoms with van der Waals surface area (Å²) < 4.78 is 0. The Morgan fingerprint density at radius 2 is 1.15 bits per heavy atom. The predicted octanol–water partition coefficient (Wildman–Crippen LogP) is 13.1. The number of hydrogen-bond acceptors (Lipinski definition) is 3. The molecule has 3 heteroatoms. The molecule has 6 aromatic carbocycles. The Morgan fingerprint density at radius 1 is 0.566 bits per heavy atom. The van der Waals surface area contributed by atoms with Crippen molar-refractivity contribution in [2.24, 2.45) is 0 Å². The van der Waals surface area contributed by atoms with Crippen LogP contribution in [0.4, 0.5) is 0 Å². The van der Waals surface area contributed by atoms with Crippen molar-refractivity contribution in [3.05, 3.63) is 193 Å². The van der Waals surface area contributed by atoms with Gasteiger partial charge in [0.2, 0.25) is 0 Å². The van der Waals surface area contributed by atoms with E-state index in [1.54, 1.807) is 6.08 Å². The zero-order valence-corrected chi connectivity index (χ0v) is 30.3. The molecule has 1 aliphatic rings. The summed E-state index contributed by atoms with van der Waals surface area (Å²) in [4.78, 5) is 14.8. The van der Waals surface area contributed by atoms with E-state index in [2.05, 4.69) is 122 Å². The first-order valence-electron chi connectivity index (χ1n) is 18.7. The first-order valence-corrected chi connectivity index (χ1v) is 18.7. The Hall–Kier alpha value is -6.19. The SMILES string of the molecule is C=C/C=C(\C=C/C)c1nc(-c2ccccc2)nc(-c2ccc(C3(c4ccc(-c5cccc(-c6cccc7ccccc67)c5)cc4)CCCCC3)cc2)n1. The summed E-state index contributed by atoms with van der Waals surface area (Å²) in [7, 11) is 0. The van der Waals surface area contributed by atoms with Gasteiger partial charge in [0.1, 0.15) is 0 Å². The first-order chi connectivity index (χ1) is 26.1. The van der Waals surface area contributed by atoms with Crippen LogP contribution in [0.1, 0.15) is 56.0 Å². The van der Waals surface area contributed by atoms with Crippen molar-refractivity contribution in [2.75, 3.05) is 0 Å². The number of rotatable bonds is 9. The highest BCUT2D eigenvalue weighted by atomic mass is 15.0. The number of aromatic nitrogens is 3. The lowest BCUT2D eigenvalue weighted by atomic mass is 9.65. The van der Waals surface area contributed by atoms with Gasteiger partial charge in [0.15, 0.2) is 17.5 Å². The van der Waals surface area contributed by atoms with Gasteiger partial charge in [-0.3, -0.25) is 0 Å². The fourth-order valence-corrected chi connectivity index (χ4v) is 8.02. The van der Waals surface area contributed by atoms with Gasteiger partial charge in [0, 0.05) is 22.1 Å². The normalized spacial score (nSPS) is 14.4. The van der Waals surface area contributed by atoms with E-state index in [1.165, 1.54) is 63.4 Å². The summed E-state index contributed by atoms with van der Waals surface area (Å²) in [5.41, 5.74) is 10.5. The minimum Gasteiger partial charge on any atom is -0.208 e. The lowest BCUT2D eigenvalue weighted by Crippen LogP contribution is -2.30. The fourth-order valence-electron chi connectivity index (χ4n) is 8.02. The molecule has 0 unspecified atom stereocenters. The van der Waals surface area contributed by atoms with Gasteiger partial charge in [-0.25, -0.2) is 15.0 Å². The largest absolute Gasteiger partial charge is 0.208 e. The molecular formula is C50H43N3. The molecule has 0 N–H and O–H groups in total. The van der Waals surface area contributed by atoms with Crippen molar-refractivity contribution in [3.8, 4) is 45.0 Å². The van der Waals surface area contributed by atoms with Crippen LogP contribution in [0.3, 0.4) is 0 Å². The van der Waals surface area contributed by atoms with Crippen molar-refractivity contribution in [2.45, 2.75) is 44.4 Å². The van der Waals surface area contributed by atoms with E-state index in [4.69, 9.17) is 15.0 Å². The average molecular weight is 686 g/mol. The van der Waals surface area contributed by atoms with Crippen molar-refractivity contribution >= 4 is 16.3 Å². The van der Waals surface area contributed by atoms with Crippen LogP contribution in [0.25, 0.3) is 61.4 Å². The van der Waals surface area contributed by atoms with Crippen LogP contribution in [0.15, 0.2) is 176 Å². The maximum absolute atomic E-state index is 4.97. The van der Waals surface area contributed by atoms with Gasteiger partial charge in [-0.05, 0) is 70.0 Å².